The van der Waals surface area contributed by atoms with E-state index in [0.29, 0.717) is 10.8 Å². The highest BCUT2D eigenvalue weighted by atomic mass is 32.2. The van der Waals surface area contributed by atoms with Gasteiger partial charge in [-0.3, -0.25) is 9.36 Å². The number of carbonyl (C=O) groups excluding carboxylic acids is 1. The minimum atomic E-state index is -3.29. The van der Waals surface area contributed by atoms with Crippen molar-refractivity contribution < 1.29 is 17.6 Å². The van der Waals surface area contributed by atoms with Crippen LogP contribution in [0.25, 0.3) is 16.7 Å². The fraction of sp³-hybridized carbons (Fsp3) is 0.0909. The molecular weight excluding hydrogens is 437 g/mol. The first kappa shape index (κ1) is 21.1. The molecule has 0 fully saturated rings. The Hall–Kier alpha value is -3.17. The molecule has 1 heterocycles. The van der Waals surface area contributed by atoms with E-state index in [1.807, 2.05) is 28.8 Å². The Morgan fingerprint density at radius 1 is 1.03 bits per heavy atom. The van der Waals surface area contributed by atoms with Crippen LogP contribution in [0.15, 0.2) is 82.8 Å². The number of para-hydroxylation sites is 2. The van der Waals surface area contributed by atoms with Crippen molar-refractivity contribution in [3.63, 3.8) is 0 Å². The SMILES string of the molecule is CS(=O)(=O)c1ccc(NC(=O)CSc2nc3ccccc3n2-c2ccc(F)cc2)cc1. The number of thioether (sulfide) groups is 1. The Kier molecular flexibility index (Phi) is 5.79. The maximum absolute atomic E-state index is 13.4. The number of nitrogens with one attached hydrogen (secondary N) is 1. The van der Waals surface area contributed by atoms with Crippen molar-refractivity contribution in [3.05, 3.63) is 78.6 Å². The van der Waals surface area contributed by atoms with Crippen molar-refractivity contribution in [2.24, 2.45) is 0 Å². The van der Waals surface area contributed by atoms with Gasteiger partial charge in [0.1, 0.15) is 5.82 Å². The van der Waals surface area contributed by atoms with Gasteiger partial charge in [-0.25, -0.2) is 17.8 Å². The Balaban J connectivity index is 1.53. The second-order valence-electron chi connectivity index (χ2n) is 6.83. The van der Waals surface area contributed by atoms with Gasteiger partial charge in [-0.05, 0) is 60.7 Å². The van der Waals surface area contributed by atoms with E-state index in [2.05, 4.69) is 10.3 Å². The highest BCUT2D eigenvalue weighted by Gasteiger charge is 2.15. The monoisotopic (exact) mass is 455 g/mol. The van der Waals surface area contributed by atoms with E-state index in [1.165, 1.54) is 36.0 Å². The molecule has 0 radical (unpaired) electrons. The van der Waals surface area contributed by atoms with Gasteiger partial charge in [0.05, 0.1) is 21.7 Å². The summed E-state index contributed by atoms with van der Waals surface area (Å²) in [6, 6.07) is 19.7. The molecule has 0 spiro atoms. The van der Waals surface area contributed by atoms with Gasteiger partial charge < -0.3 is 5.32 Å². The van der Waals surface area contributed by atoms with E-state index in [9.17, 15) is 17.6 Å². The summed E-state index contributed by atoms with van der Waals surface area (Å²) in [4.78, 5) is 17.2. The summed E-state index contributed by atoms with van der Waals surface area (Å²) in [5.74, 6) is -0.489. The average molecular weight is 456 g/mol. The molecule has 0 bridgehead atoms. The van der Waals surface area contributed by atoms with Gasteiger partial charge in [0.2, 0.25) is 5.91 Å². The number of imidazole rings is 1. The first-order valence-corrected chi connectivity index (χ1v) is 12.2. The summed E-state index contributed by atoms with van der Waals surface area (Å²) in [5.41, 5.74) is 2.87. The lowest BCUT2D eigenvalue weighted by Gasteiger charge is -2.09. The van der Waals surface area contributed by atoms with Gasteiger partial charge in [-0.2, -0.15) is 0 Å². The zero-order chi connectivity index (χ0) is 22.0. The molecule has 6 nitrogen and oxygen atoms in total. The van der Waals surface area contributed by atoms with Crippen molar-refractivity contribution in [3.8, 4) is 5.69 Å². The number of aromatic nitrogens is 2. The van der Waals surface area contributed by atoms with E-state index in [0.717, 1.165) is 23.0 Å². The molecule has 0 aliphatic heterocycles. The predicted molar refractivity (Wildman–Crippen MR) is 120 cm³/mol. The summed E-state index contributed by atoms with van der Waals surface area (Å²) in [6.45, 7) is 0. The second kappa shape index (κ2) is 8.52. The van der Waals surface area contributed by atoms with E-state index in [4.69, 9.17) is 0 Å². The first-order chi connectivity index (χ1) is 14.8. The van der Waals surface area contributed by atoms with Gasteiger partial charge >= 0.3 is 0 Å². The lowest BCUT2D eigenvalue weighted by atomic mass is 10.3. The molecule has 1 amide bonds. The molecule has 0 unspecified atom stereocenters. The molecule has 4 aromatic rings. The van der Waals surface area contributed by atoms with Crippen LogP contribution < -0.4 is 5.32 Å². The Labute approximate surface area is 183 Å². The van der Waals surface area contributed by atoms with E-state index >= 15 is 0 Å². The molecule has 9 heteroatoms. The molecule has 0 saturated carbocycles. The summed E-state index contributed by atoms with van der Waals surface area (Å²) < 4.78 is 38.4. The Morgan fingerprint density at radius 3 is 2.39 bits per heavy atom. The van der Waals surface area contributed by atoms with E-state index < -0.39 is 9.84 Å². The Bertz CT molecular complexity index is 1350. The minimum absolute atomic E-state index is 0.0956. The van der Waals surface area contributed by atoms with Crippen LogP contribution in [-0.2, 0) is 14.6 Å². The van der Waals surface area contributed by atoms with Crippen molar-refractivity contribution in [2.45, 2.75) is 10.1 Å². The molecule has 31 heavy (non-hydrogen) atoms. The summed E-state index contributed by atoms with van der Waals surface area (Å²) in [7, 11) is -3.29. The van der Waals surface area contributed by atoms with Gasteiger partial charge in [-0.1, -0.05) is 23.9 Å². The summed E-state index contributed by atoms with van der Waals surface area (Å²) in [5, 5.41) is 3.36. The number of fused-ring (bicyclic) bond motifs is 1. The van der Waals surface area contributed by atoms with Crippen LogP contribution in [0, 0.1) is 5.82 Å². The Morgan fingerprint density at radius 2 is 1.71 bits per heavy atom. The van der Waals surface area contributed by atoms with Gasteiger partial charge in [0.25, 0.3) is 0 Å². The highest BCUT2D eigenvalue weighted by Crippen LogP contribution is 2.28. The average Bonchev–Trinajstić information content (AvgIpc) is 3.11. The number of halogens is 1. The normalized spacial score (nSPS) is 11.5. The fourth-order valence-corrected chi connectivity index (χ4v) is 4.51. The fourth-order valence-electron chi connectivity index (χ4n) is 3.05. The third kappa shape index (κ3) is 4.78. The van der Waals surface area contributed by atoms with Crippen molar-refractivity contribution in [2.75, 3.05) is 17.3 Å². The van der Waals surface area contributed by atoms with Gasteiger partial charge in [-0.15, -0.1) is 0 Å². The maximum atomic E-state index is 13.4. The quantitative estimate of drug-likeness (QED) is 0.439. The third-order valence-corrected chi connectivity index (χ3v) is 6.58. The van der Waals surface area contributed by atoms with E-state index in [1.54, 1.807) is 24.3 Å². The number of hydrogen-bond donors (Lipinski definition) is 1. The number of hydrogen-bond acceptors (Lipinski definition) is 5. The zero-order valence-electron chi connectivity index (χ0n) is 16.4. The van der Waals surface area contributed by atoms with Crippen LogP contribution in [0.3, 0.4) is 0 Å². The lowest BCUT2D eigenvalue weighted by molar-refractivity contribution is -0.113. The largest absolute Gasteiger partial charge is 0.325 e. The van der Waals surface area contributed by atoms with Crippen LogP contribution in [0.2, 0.25) is 0 Å². The maximum Gasteiger partial charge on any atom is 0.234 e. The number of amides is 1. The number of nitrogens with zero attached hydrogens (tertiary/aromatic N) is 2. The third-order valence-electron chi connectivity index (χ3n) is 4.51. The van der Waals surface area contributed by atoms with Gasteiger partial charge in [0, 0.05) is 17.6 Å². The van der Waals surface area contributed by atoms with Crippen LogP contribution in [0.4, 0.5) is 10.1 Å². The molecule has 4 rings (SSSR count). The molecule has 0 saturated heterocycles. The second-order valence-corrected chi connectivity index (χ2v) is 9.79. The molecule has 0 aliphatic rings. The molecule has 1 aromatic heterocycles. The van der Waals surface area contributed by atoms with Crippen LogP contribution >= 0.6 is 11.8 Å². The number of sulfone groups is 1. The van der Waals surface area contributed by atoms with Crippen molar-refractivity contribution in [1.82, 2.24) is 9.55 Å². The predicted octanol–water partition coefficient (Wildman–Crippen LogP) is 4.30. The summed E-state index contributed by atoms with van der Waals surface area (Å²) in [6.07, 6.45) is 1.13. The smallest absolute Gasteiger partial charge is 0.234 e. The molecule has 0 atom stereocenters. The van der Waals surface area contributed by atoms with Crippen LogP contribution in [0.5, 0.6) is 0 Å². The lowest BCUT2D eigenvalue weighted by Crippen LogP contribution is -2.14. The summed E-state index contributed by atoms with van der Waals surface area (Å²) >= 11 is 1.26. The number of benzene rings is 3. The van der Waals surface area contributed by atoms with Crippen molar-refractivity contribution in [1.29, 1.82) is 0 Å². The molecule has 1 N–H and O–H groups in total. The number of rotatable bonds is 6. The molecule has 0 aliphatic carbocycles. The topological polar surface area (TPSA) is 81.1 Å². The first-order valence-electron chi connectivity index (χ1n) is 9.27. The van der Waals surface area contributed by atoms with Crippen molar-refractivity contribution >= 4 is 44.2 Å². The van der Waals surface area contributed by atoms with Crippen LogP contribution in [0.1, 0.15) is 0 Å². The highest BCUT2D eigenvalue weighted by molar-refractivity contribution is 7.99. The van der Waals surface area contributed by atoms with Gasteiger partial charge in [0.15, 0.2) is 15.0 Å². The van der Waals surface area contributed by atoms with E-state index in [-0.39, 0.29) is 22.4 Å². The zero-order valence-corrected chi connectivity index (χ0v) is 18.1. The number of anilines is 1. The minimum Gasteiger partial charge on any atom is -0.325 e. The number of carbonyl (C=O) groups is 1. The molecular formula is C22H18FN3O3S2. The molecule has 158 valence electrons. The van der Waals surface area contributed by atoms with Crippen LogP contribution in [-0.4, -0.2) is 35.9 Å². The molecule has 3 aromatic carbocycles. The standard InChI is InChI=1S/C22H18FN3O3S2/c1-31(28,29)18-12-8-16(9-13-18)24-21(27)14-30-22-25-19-4-2-3-5-20(19)26(22)17-10-6-15(23)7-11-17/h2-13H,14H2,1H3,(H,24,27).